The molecule has 2 atom stereocenters. The number of ether oxygens (including phenoxy) is 1. The summed E-state index contributed by atoms with van der Waals surface area (Å²) in [5.41, 5.74) is 2.19. The number of hydrogen-bond donors (Lipinski definition) is 1. The molecule has 1 aliphatic heterocycles. The summed E-state index contributed by atoms with van der Waals surface area (Å²) in [6.07, 6.45) is 1.00. The highest BCUT2D eigenvalue weighted by Gasteiger charge is 2.24. The molecule has 1 heterocycles. The van der Waals surface area contributed by atoms with E-state index in [2.05, 4.69) is 4.90 Å². The van der Waals surface area contributed by atoms with Crippen LogP contribution in [0.15, 0.2) is 24.3 Å². The van der Waals surface area contributed by atoms with Crippen molar-refractivity contribution in [3.8, 4) is 0 Å². The van der Waals surface area contributed by atoms with Gasteiger partial charge in [0, 0.05) is 26.7 Å². The van der Waals surface area contributed by atoms with Crippen LogP contribution in [0.1, 0.15) is 23.7 Å². The first kappa shape index (κ1) is 12.6. The van der Waals surface area contributed by atoms with E-state index in [0.29, 0.717) is 12.6 Å². The first-order chi connectivity index (χ1) is 8.20. The molecule has 2 unspecified atom stereocenters. The van der Waals surface area contributed by atoms with Crippen LogP contribution in [0.5, 0.6) is 0 Å². The number of nitrogens with zero attached hydrogens (tertiary/aromatic N) is 1. The van der Waals surface area contributed by atoms with Gasteiger partial charge in [-0.25, -0.2) is 0 Å². The Morgan fingerprint density at radius 3 is 2.88 bits per heavy atom. The molecule has 0 bridgehead atoms. The first-order valence-electron chi connectivity index (χ1n) is 6.19. The van der Waals surface area contributed by atoms with Gasteiger partial charge in [0.2, 0.25) is 0 Å². The van der Waals surface area contributed by atoms with E-state index < -0.39 is 6.10 Å². The number of benzene rings is 1. The molecule has 2 rings (SSSR count). The minimum atomic E-state index is -0.396. The van der Waals surface area contributed by atoms with Crippen LogP contribution >= 0.6 is 0 Å². The zero-order valence-electron chi connectivity index (χ0n) is 10.6. The zero-order chi connectivity index (χ0) is 12.3. The third-order valence-corrected chi connectivity index (χ3v) is 3.54. The maximum atomic E-state index is 10.2. The molecule has 0 radical (unpaired) electrons. The SMILES string of the molecule is COC1CCN(CC(O)c2ccccc2C)C1. The van der Waals surface area contributed by atoms with Crippen LogP contribution in [0, 0.1) is 6.92 Å². The molecule has 1 aromatic rings. The number of methoxy groups -OCH3 is 1. The standard InChI is InChI=1S/C14H21NO2/c1-11-5-3-4-6-13(11)14(16)10-15-8-7-12(9-15)17-2/h3-6,12,14,16H,7-10H2,1-2H3. The van der Waals surface area contributed by atoms with Crippen molar-refractivity contribution in [2.45, 2.75) is 25.6 Å². The fourth-order valence-electron chi connectivity index (χ4n) is 2.46. The van der Waals surface area contributed by atoms with Crippen LogP contribution in [0.2, 0.25) is 0 Å². The minimum absolute atomic E-state index is 0.332. The molecule has 1 saturated heterocycles. The Kier molecular flexibility index (Phi) is 4.15. The average Bonchev–Trinajstić information content (AvgIpc) is 2.77. The van der Waals surface area contributed by atoms with Gasteiger partial charge in [-0.3, -0.25) is 4.90 Å². The number of likely N-dealkylation sites (tertiary alicyclic amines) is 1. The van der Waals surface area contributed by atoms with Crippen molar-refractivity contribution in [2.24, 2.45) is 0 Å². The van der Waals surface area contributed by atoms with Crippen molar-refractivity contribution in [1.82, 2.24) is 4.90 Å². The molecule has 1 aliphatic rings. The number of rotatable bonds is 4. The fraction of sp³-hybridized carbons (Fsp3) is 0.571. The van der Waals surface area contributed by atoms with E-state index in [1.54, 1.807) is 7.11 Å². The number of aliphatic hydroxyl groups excluding tert-OH is 1. The van der Waals surface area contributed by atoms with E-state index in [0.717, 1.165) is 30.6 Å². The van der Waals surface area contributed by atoms with Crippen LogP contribution in [-0.2, 0) is 4.74 Å². The Bertz CT molecular complexity index is 367. The molecule has 94 valence electrons. The lowest BCUT2D eigenvalue weighted by Gasteiger charge is -2.21. The van der Waals surface area contributed by atoms with E-state index in [4.69, 9.17) is 4.74 Å². The summed E-state index contributed by atoms with van der Waals surface area (Å²) in [5, 5.41) is 10.2. The number of aryl methyl sites for hydroxylation is 1. The lowest BCUT2D eigenvalue weighted by Crippen LogP contribution is -2.28. The largest absolute Gasteiger partial charge is 0.387 e. The van der Waals surface area contributed by atoms with Gasteiger partial charge in [-0.1, -0.05) is 24.3 Å². The lowest BCUT2D eigenvalue weighted by molar-refractivity contribution is 0.0896. The molecule has 0 amide bonds. The second kappa shape index (κ2) is 5.63. The molecule has 3 nitrogen and oxygen atoms in total. The van der Waals surface area contributed by atoms with Crippen molar-refractivity contribution in [1.29, 1.82) is 0 Å². The molecule has 0 aromatic heterocycles. The Hall–Kier alpha value is -0.900. The van der Waals surface area contributed by atoms with Crippen LogP contribution in [0.25, 0.3) is 0 Å². The maximum Gasteiger partial charge on any atom is 0.0919 e. The van der Waals surface area contributed by atoms with Crippen molar-refractivity contribution < 1.29 is 9.84 Å². The first-order valence-corrected chi connectivity index (χ1v) is 6.19. The molecule has 1 N–H and O–H groups in total. The molecule has 0 aliphatic carbocycles. The maximum absolute atomic E-state index is 10.2. The Morgan fingerprint density at radius 2 is 2.24 bits per heavy atom. The van der Waals surface area contributed by atoms with Gasteiger partial charge in [-0.15, -0.1) is 0 Å². The molecule has 17 heavy (non-hydrogen) atoms. The van der Waals surface area contributed by atoms with Crippen molar-refractivity contribution >= 4 is 0 Å². The van der Waals surface area contributed by atoms with Crippen molar-refractivity contribution in [2.75, 3.05) is 26.7 Å². The fourth-order valence-corrected chi connectivity index (χ4v) is 2.46. The van der Waals surface area contributed by atoms with Gasteiger partial charge >= 0.3 is 0 Å². The highest BCUT2D eigenvalue weighted by molar-refractivity contribution is 5.27. The van der Waals surface area contributed by atoms with E-state index in [1.807, 2.05) is 31.2 Å². The minimum Gasteiger partial charge on any atom is -0.387 e. The van der Waals surface area contributed by atoms with E-state index in [9.17, 15) is 5.11 Å². The smallest absolute Gasteiger partial charge is 0.0919 e. The van der Waals surface area contributed by atoms with Gasteiger partial charge in [0.15, 0.2) is 0 Å². The van der Waals surface area contributed by atoms with Gasteiger partial charge in [-0.05, 0) is 24.5 Å². The Balaban J connectivity index is 1.94. The molecule has 1 fully saturated rings. The van der Waals surface area contributed by atoms with E-state index in [1.165, 1.54) is 0 Å². The van der Waals surface area contributed by atoms with E-state index in [-0.39, 0.29) is 0 Å². The lowest BCUT2D eigenvalue weighted by atomic mass is 10.0. The summed E-state index contributed by atoms with van der Waals surface area (Å²) >= 11 is 0. The third kappa shape index (κ3) is 3.06. The van der Waals surface area contributed by atoms with Gasteiger partial charge < -0.3 is 9.84 Å². The van der Waals surface area contributed by atoms with Crippen LogP contribution in [-0.4, -0.2) is 42.9 Å². The van der Waals surface area contributed by atoms with Gasteiger partial charge in [0.1, 0.15) is 0 Å². The molecular weight excluding hydrogens is 214 g/mol. The van der Waals surface area contributed by atoms with Gasteiger partial charge in [-0.2, -0.15) is 0 Å². The highest BCUT2D eigenvalue weighted by Crippen LogP contribution is 2.21. The average molecular weight is 235 g/mol. The van der Waals surface area contributed by atoms with E-state index >= 15 is 0 Å². The summed E-state index contributed by atoms with van der Waals surface area (Å²) < 4.78 is 5.33. The van der Waals surface area contributed by atoms with Crippen LogP contribution in [0.3, 0.4) is 0 Å². The van der Waals surface area contributed by atoms with Gasteiger partial charge in [0.25, 0.3) is 0 Å². The number of β-amino-alcohol motifs (C(OH)–C–C–N with tert-alkyl or cyclic N) is 1. The second-order valence-corrected chi connectivity index (χ2v) is 4.78. The normalized spacial score (nSPS) is 22.9. The second-order valence-electron chi connectivity index (χ2n) is 4.78. The summed E-state index contributed by atoms with van der Waals surface area (Å²) in [5.74, 6) is 0. The zero-order valence-corrected chi connectivity index (χ0v) is 10.6. The summed E-state index contributed by atoms with van der Waals surface area (Å²) in [6.45, 7) is 4.69. The highest BCUT2D eigenvalue weighted by atomic mass is 16.5. The monoisotopic (exact) mass is 235 g/mol. The molecule has 3 heteroatoms. The quantitative estimate of drug-likeness (QED) is 0.863. The number of hydrogen-bond acceptors (Lipinski definition) is 3. The van der Waals surface area contributed by atoms with Crippen LogP contribution in [0.4, 0.5) is 0 Å². The predicted molar refractivity (Wildman–Crippen MR) is 68.0 cm³/mol. The summed E-state index contributed by atoms with van der Waals surface area (Å²) in [7, 11) is 1.76. The van der Waals surface area contributed by atoms with Gasteiger partial charge in [0.05, 0.1) is 12.2 Å². The topological polar surface area (TPSA) is 32.7 Å². The molecule has 0 saturated carbocycles. The third-order valence-electron chi connectivity index (χ3n) is 3.54. The summed E-state index contributed by atoms with van der Waals surface area (Å²) in [6, 6.07) is 8.03. The van der Waals surface area contributed by atoms with Crippen LogP contribution < -0.4 is 0 Å². The Morgan fingerprint density at radius 1 is 1.47 bits per heavy atom. The van der Waals surface area contributed by atoms with Crippen molar-refractivity contribution in [3.05, 3.63) is 35.4 Å². The number of aliphatic hydroxyl groups is 1. The molecule has 1 aromatic carbocycles. The predicted octanol–water partition coefficient (Wildman–Crippen LogP) is 1.75. The molecule has 0 spiro atoms. The summed E-state index contributed by atoms with van der Waals surface area (Å²) in [4.78, 5) is 2.27. The molecular formula is C14H21NO2. The van der Waals surface area contributed by atoms with Crippen molar-refractivity contribution in [3.63, 3.8) is 0 Å². The Labute approximate surface area is 103 Å².